The number of allylic oxidation sites excluding steroid dienone is 16. The van der Waals surface area contributed by atoms with Gasteiger partial charge in [-0.05, 0) is 122 Å². The first-order valence-corrected chi connectivity index (χ1v) is 31.2. The zero-order valence-corrected chi connectivity index (χ0v) is 48.6. The Balaban J connectivity index is 4.39. The molecule has 0 heterocycles. The van der Waals surface area contributed by atoms with E-state index in [1.54, 1.807) is 0 Å². The average Bonchev–Trinajstić information content (AvgIpc) is 3.40. The van der Waals surface area contributed by atoms with Gasteiger partial charge in [-0.3, -0.25) is 14.4 Å². The lowest BCUT2D eigenvalue weighted by Gasteiger charge is -2.18. The first-order valence-electron chi connectivity index (χ1n) is 31.2. The molecule has 0 saturated carbocycles. The Hall–Kier alpha value is -3.67. The highest BCUT2D eigenvalue weighted by atomic mass is 16.6. The standard InChI is InChI=1S/C68H116O6/c1-4-7-10-13-16-19-22-25-28-31-32-33-34-35-36-38-40-43-46-49-52-55-58-61-67(70)73-64-65(63-72-66(69)60-57-54-51-48-45-42-39-30-27-24-21-18-15-12-9-6-3)74-68(71)62-59-56-53-50-47-44-41-37-29-26-23-20-17-14-11-8-5-2/h7,10,16-17,19-21,24-26,28-30,32-33,39,65H,4-6,8-9,11-15,18,22-23,27,31,34-38,40-64H2,1-3H3/b10-7-,19-16-,20-17-,24-21-,28-25-,29-26-,33-32-,39-30-. The maximum Gasteiger partial charge on any atom is 0.306 e. The lowest BCUT2D eigenvalue weighted by molar-refractivity contribution is -0.167. The lowest BCUT2D eigenvalue weighted by Crippen LogP contribution is -2.30. The molecule has 0 aromatic carbocycles. The maximum absolute atomic E-state index is 12.9. The normalized spacial score (nSPS) is 12.7. The van der Waals surface area contributed by atoms with Gasteiger partial charge in [0, 0.05) is 19.3 Å². The van der Waals surface area contributed by atoms with Crippen molar-refractivity contribution < 1.29 is 28.6 Å². The van der Waals surface area contributed by atoms with Crippen LogP contribution in [0, 0.1) is 0 Å². The minimum atomic E-state index is -0.791. The molecule has 424 valence electrons. The van der Waals surface area contributed by atoms with Gasteiger partial charge in [-0.15, -0.1) is 0 Å². The van der Waals surface area contributed by atoms with Gasteiger partial charge in [0.25, 0.3) is 0 Å². The highest BCUT2D eigenvalue weighted by Crippen LogP contribution is 2.15. The number of carbonyl (C=O) groups excluding carboxylic acids is 3. The Morgan fingerprint density at radius 2 is 0.527 bits per heavy atom. The van der Waals surface area contributed by atoms with E-state index in [1.165, 1.54) is 141 Å². The van der Waals surface area contributed by atoms with E-state index in [2.05, 4.69) is 118 Å². The second-order valence-electron chi connectivity index (χ2n) is 20.6. The summed E-state index contributed by atoms with van der Waals surface area (Å²) >= 11 is 0. The molecule has 0 fully saturated rings. The van der Waals surface area contributed by atoms with Gasteiger partial charge in [0.05, 0.1) is 0 Å². The third-order valence-electron chi connectivity index (χ3n) is 13.3. The van der Waals surface area contributed by atoms with Crippen molar-refractivity contribution in [2.45, 2.75) is 303 Å². The van der Waals surface area contributed by atoms with Gasteiger partial charge in [0.15, 0.2) is 6.10 Å². The molecule has 0 radical (unpaired) electrons. The van der Waals surface area contributed by atoms with Crippen molar-refractivity contribution in [1.29, 1.82) is 0 Å². The van der Waals surface area contributed by atoms with Gasteiger partial charge in [-0.25, -0.2) is 0 Å². The summed E-state index contributed by atoms with van der Waals surface area (Å²) in [4.78, 5) is 38.3. The highest BCUT2D eigenvalue weighted by molar-refractivity contribution is 5.71. The largest absolute Gasteiger partial charge is 0.462 e. The smallest absolute Gasteiger partial charge is 0.306 e. The van der Waals surface area contributed by atoms with E-state index in [4.69, 9.17) is 14.2 Å². The molecule has 6 heteroatoms. The van der Waals surface area contributed by atoms with Crippen LogP contribution in [0.2, 0.25) is 0 Å². The predicted octanol–water partition coefficient (Wildman–Crippen LogP) is 21.3. The summed E-state index contributed by atoms with van der Waals surface area (Å²) in [5.41, 5.74) is 0. The fourth-order valence-corrected chi connectivity index (χ4v) is 8.61. The van der Waals surface area contributed by atoms with E-state index >= 15 is 0 Å². The summed E-state index contributed by atoms with van der Waals surface area (Å²) < 4.78 is 16.9. The summed E-state index contributed by atoms with van der Waals surface area (Å²) in [5.74, 6) is -0.905. The van der Waals surface area contributed by atoms with Gasteiger partial charge in [0.2, 0.25) is 0 Å². The molecule has 0 amide bonds. The summed E-state index contributed by atoms with van der Waals surface area (Å²) in [5, 5.41) is 0. The summed E-state index contributed by atoms with van der Waals surface area (Å²) in [6, 6.07) is 0. The fraction of sp³-hybridized carbons (Fsp3) is 0.721. The molecule has 0 aliphatic carbocycles. The minimum absolute atomic E-state index is 0.0873. The number of unbranched alkanes of at least 4 members (excludes halogenated alkanes) is 29. The Morgan fingerprint density at radius 1 is 0.284 bits per heavy atom. The number of hydrogen-bond acceptors (Lipinski definition) is 6. The van der Waals surface area contributed by atoms with E-state index in [1.807, 2.05) is 0 Å². The molecule has 1 unspecified atom stereocenters. The Labute approximate surface area is 457 Å². The van der Waals surface area contributed by atoms with Gasteiger partial charge in [-0.1, -0.05) is 253 Å². The molecule has 0 spiro atoms. The van der Waals surface area contributed by atoms with Crippen molar-refractivity contribution >= 4 is 17.9 Å². The maximum atomic E-state index is 12.9. The quantitative estimate of drug-likeness (QED) is 0.0261. The van der Waals surface area contributed by atoms with Gasteiger partial charge >= 0.3 is 17.9 Å². The van der Waals surface area contributed by atoms with E-state index in [-0.39, 0.29) is 31.1 Å². The average molecular weight is 1030 g/mol. The molecule has 0 saturated heterocycles. The number of hydrogen-bond donors (Lipinski definition) is 0. The van der Waals surface area contributed by atoms with Crippen LogP contribution in [-0.4, -0.2) is 37.2 Å². The van der Waals surface area contributed by atoms with E-state index in [0.29, 0.717) is 19.3 Å². The molecule has 0 aliphatic rings. The second kappa shape index (κ2) is 61.9. The molecule has 0 rings (SSSR count). The molecule has 1 atom stereocenters. The molecular weight excluding hydrogens is 913 g/mol. The molecule has 0 aromatic rings. The predicted molar refractivity (Wildman–Crippen MR) is 320 cm³/mol. The zero-order chi connectivity index (χ0) is 53.6. The lowest BCUT2D eigenvalue weighted by atomic mass is 10.1. The number of ether oxygens (including phenoxy) is 3. The van der Waals surface area contributed by atoms with Crippen molar-refractivity contribution in [3.05, 3.63) is 97.2 Å². The van der Waals surface area contributed by atoms with Crippen molar-refractivity contribution in [2.75, 3.05) is 13.2 Å². The molecule has 6 nitrogen and oxygen atoms in total. The fourth-order valence-electron chi connectivity index (χ4n) is 8.61. The summed E-state index contributed by atoms with van der Waals surface area (Å²) in [6.07, 6.45) is 82.5. The third-order valence-corrected chi connectivity index (χ3v) is 13.3. The van der Waals surface area contributed by atoms with Crippen LogP contribution in [0.25, 0.3) is 0 Å². The van der Waals surface area contributed by atoms with E-state index in [9.17, 15) is 14.4 Å². The minimum Gasteiger partial charge on any atom is -0.462 e. The molecule has 0 N–H and O–H groups in total. The molecule has 0 aliphatic heterocycles. The van der Waals surface area contributed by atoms with Crippen molar-refractivity contribution in [2.24, 2.45) is 0 Å². The first-order chi connectivity index (χ1) is 36.5. The molecule has 74 heavy (non-hydrogen) atoms. The van der Waals surface area contributed by atoms with Crippen LogP contribution in [-0.2, 0) is 28.6 Å². The van der Waals surface area contributed by atoms with Gasteiger partial charge in [0.1, 0.15) is 13.2 Å². The summed E-state index contributed by atoms with van der Waals surface area (Å²) in [7, 11) is 0. The Bertz CT molecular complexity index is 1460. The Morgan fingerprint density at radius 3 is 0.851 bits per heavy atom. The van der Waals surface area contributed by atoms with Crippen LogP contribution >= 0.6 is 0 Å². The number of esters is 3. The zero-order valence-electron chi connectivity index (χ0n) is 48.6. The Kier molecular flexibility index (Phi) is 58.8. The topological polar surface area (TPSA) is 78.9 Å². The van der Waals surface area contributed by atoms with Crippen LogP contribution in [0.1, 0.15) is 297 Å². The highest BCUT2D eigenvalue weighted by Gasteiger charge is 2.19. The van der Waals surface area contributed by atoms with Gasteiger partial charge < -0.3 is 14.2 Å². The van der Waals surface area contributed by atoms with Gasteiger partial charge in [-0.2, -0.15) is 0 Å². The molecule has 0 bridgehead atoms. The van der Waals surface area contributed by atoms with Crippen LogP contribution in [0.5, 0.6) is 0 Å². The van der Waals surface area contributed by atoms with E-state index < -0.39 is 6.10 Å². The number of carbonyl (C=O) groups is 3. The molecular formula is C68H116O6. The second-order valence-corrected chi connectivity index (χ2v) is 20.6. The van der Waals surface area contributed by atoms with Crippen LogP contribution < -0.4 is 0 Å². The summed E-state index contributed by atoms with van der Waals surface area (Å²) in [6.45, 7) is 6.49. The van der Waals surface area contributed by atoms with Crippen molar-refractivity contribution in [3.8, 4) is 0 Å². The molecule has 0 aromatic heterocycles. The van der Waals surface area contributed by atoms with Crippen molar-refractivity contribution in [3.63, 3.8) is 0 Å². The number of rotatable bonds is 56. The first kappa shape index (κ1) is 70.3. The van der Waals surface area contributed by atoms with Crippen LogP contribution in [0.15, 0.2) is 97.2 Å². The third kappa shape index (κ3) is 59.2. The van der Waals surface area contributed by atoms with E-state index in [0.717, 1.165) is 116 Å². The monoisotopic (exact) mass is 1030 g/mol. The van der Waals surface area contributed by atoms with Crippen LogP contribution in [0.4, 0.5) is 0 Å². The van der Waals surface area contributed by atoms with Crippen LogP contribution in [0.3, 0.4) is 0 Å². The van der Waals surface area contributed by atoms with Crippen molar-refractivity contribution in [1.82, 2.24) is 0 Å². The SMILES string of the molecule is CC/C=C\C/C=C\C/C=C\C/C=C\CCCCCCCCCCCCC(=O)OCC(COC(=O)CCCCCCC/C=C\C/C=C\CCCCCC)OC(=O)CCCCCCCCC/C=C\C/C=C\CCCCC.